The van der Waals surface area contributed by atoms with E-state index in [0.717, 1.165) is 18.7 Å². The van der Waals surface area contributed by atoms with Crippen molar-refractivity contribution in [2.24, 2.45) is 5.73 Å². The molecule has 2 rings (SSSR count). The Hall–Kier alpha value is -1.23. The fourth-order valence-corrected chi connectivity index (χ4v) is 2.95. The van der Waals surface area contributed by atoms with Gasteiger partial charge in [0.15, 0.2) is 0 Å². The predicted octanol–water partition coefficient (Wildman–Crippen LogP) is 3.32. The fourth-order valence-electron chi connectivity index (χ4n) is 2.04. The van der Waals surface area contributed by atoms with Crippen LogP contribution in [0.4, 0.5) is 0 Å². The standard InChI is InChI=1S/C15H18N2S2/c1-11-8-12(15(16)18)5-6-13(11)9-17(2)10-14-4-3-7-19-14/h3-8H,9-10H2,1-2H3,(H2,16,18). The molecule has 0 saturated heterocycles. The van der Waals surface area contributed by atoms with E-state index in [1.54, 1.807) is 11.3 Å². The van der Waals surface area contributed by atoms with E-state index in [2.05, 4.69) is 48.5 Å². The molecule has 2 aromatic rings. The van der Waals surface area contributed by atoms with Gasteiger partial charge < -0.3 is 5.73 Å². The maximum absolute atomic E-state index is 5.65. The molecule has 0 bridgehead atoms. The first-order valence-corrected chi connectivity index (χ1v) is 7.45. The van der Waals surface area contributed by atoms with Crippen molar-refractivity contribution in [1.29, 1.82) is 0 Å². The number of benzene rings is 1. The van der Waals surface area contributed by atoms with Crippen molar-refractivity contribution in [3.63, 3.8) is 0 Å². The van der Waals surface area contributed by atoms with Crippen LogP contribution in [0.15, 0.2) is 35.7 Å². The fraction of sp³-hybridized carbons (Fsp3) is 0.267. The number of aryl methyl sites for hydroxylation is 1. The van der Waals surface area contributed by atoms with Crippen molar-refractivity contribution in [2.75, 3.05) is 7.05 Å². The molecule has 0 saturated carbocycles. The van der Waals surface area contributed by atoms with E-state index in [1.807, 2.05) is 6.07 Å². The molecule has 0 amide bonds. The average molecular weight is 290 g/mol. The SMILES string of the molecule is Cc1cc(C(N)=S)ccc1CN(C)Cc1cccs1. The van der Waals surface area contributed by atoms with Crippen molar-refractivity contribution in [3.05, 3.63) is 57.3 Å². The van der Waals surface area contributed by atoms with Crippen LogP contribution in [0.3, 0.4) is 0 Å². The Labute approximate surface area is 123 Å². The maximum Gasteiger partial charge on any atom is 0.103 e. The number of hydrogen-bond acceptors (Lipinski definition) is 3. The Morgan fingerprint density at radius 2 is 2.11 bits per heavy atom. The molecule has 2 nitrogen and oxygen atoms in total. The molecule has 0 atom stereocenters. The molecule has 1 aromatic carbocycles. The van der Waals surface area contributed by atoms with Gasteiger partial charge in [-0.1, -0.05) is 30.4 Å². The van der Waals surface area contributed by atoms with Crippen molar-refractivity contribution < 1.29 is 0 Å². The van der Waals surface area contributed by atoms with Crippen molar-refractivity contribution in [1.82, 2.24) is 4.90 Å². The van der Waals surface area contributed by atoms with E-state index in [4.69, 9.17) is 18.0 Å². The lowest BCUT2D eigenvalue weighted by atomic mass is 10.0. The summed E-state index contributed by atoms with van der Waals surface area (Å²) in [6.45, 7) is 4.02. The topological polar surface area (TPSA) is 29.3 Å². The lowest BCUT2D eigenvalue weighted by Crippen LogP contribution is -2.17. The lowest BCUT2D eigenvalue weighted by Gasteiger charge is -2.17. The molecule has 1 aromatic heterocycles. The van der Waals surface area contributed by atoms with Gasteiger partial charge in [-0.05, 0) is 42.6 Å². The van der Waals surface area contributed by atoms with Gasteiger partial charge in [0.2, 0.25) is 0 Å². The average Bonchev–Trinajstić information content (AvgIpc) is 2.84. The number of thiophene rings is 1. The van der Waals surface area contributed by atoms with Gasteiger partial charge in [-0.2, -0.15) is 0 Å². The second-order valence-corrected chi connectivity index (χ2v) is 6.23. The third kappa shape index (κ3) is 3.86. The summed E-state index contributed by atoms with van der Waals surface area (Å²) in [6, 6.07) is 10.5. The Bertz CT molecular complexity index is 562. The molecule has 2 N–H and O–H groups in total. The Morgan fingerprint density at radius 3 is 2.68 bits per heavy atom. The van der Waals surface area contributed by atoms with Crippen LogP contribution in [0, 0.1) is 6.92 Å². The number of nitrogens with zero attached hydrogens (tertiary/aromatic N) is 1. The van der Waals surface area contributed by atoms with E-state index < -0.39 is 0 Å². The highest BCUT2D eigenvalue weighted by Gasteiger charge is 2.06. The Morgan fingerprint density at radius 1 is 1.32 bits per heavy atom. The van der Waals surface area contributed by atoms with Crippen molar-refractivity contribution >= 4 is 28.5 Å². The molecule has 0 unspecified atom stereocenters. The van der Waals surface area contributed by atoms with Gasteiger partial charge in [-0.15, -0.1) is 11.3 Å². The summed E-state index contributed by atoms with van der Waals surface area (Å²) >= 11 is 6.80. The summed E-state index contributed by atoms with van der Waals surface area (Å²) in [4.78, 5) is 4.16. The Kier molecular flexibility index (Phi) is 4.69. The van der Waals surface area contributed by atoms with Gasteiger partial charge >= 0.3 is 0 Å². The first-order valence-electron chi connectivity index (χ1n) is 6.16. The largest absolute Gasteiger partial charge is 0.389 e. The van der Waals surface area contributed by atoms with Crippen LogP contribution in [0.25, 0.3) is 0 Å². The monoisotopic (exact) mass is 290 g/mol. The molecule has 0 spiro atoms. The summed E-state index contributed by atoms with van der Waals surface area (Å²) in [5.74, 6) is 0. The molecular weight excluding hydrogens is 272 g/mol. The van der Waals surface area contributed by atoms with E-state index >= 15 is 0 Å². The zero-order chi connectivity index (χ0) is 13.8. The van der Waals surface area contributed by atoms with Gasteiger partial charge in [0.1, 0.15) is 4.99 Å². The molecule has 0 radical (unpaired) electrons. The van der Waals surface area contributed by atoms with Crippen LogP contribution >= 0.6 is 23.6 Å². The van der Waals surface area contributed by atoms with Crippen LogP contribution in [0.5, 0.6) is 0 Å². The molecule has 0 aliphatic heterocycles. The summed E-state index contributed by atoms with van der Waals surface area (Å²) < 4.78 is 0. The number of nitrogens with two attached hydrogens (primary N) is 1. The van der Waals surface area contributed by atoms with Crippen molar-refractivity contribution in [2.45, 2.75) is 20.0 Å². The maximum atomic E-state index is 5.65. The smallest absolute Gasteiger partial charge is 0.103 e. The van der Waals surface area contributed by atoms with Crippen LogP contribution in [-0.2, 0) is 13.1 Å². The highest BCUT2D eigenvalue weighted by atomic mass is 32.1. The lowest BCUT2D eigenvalue weighted by molar-refractivity contribution is 0.321. The predicted molar refractivity (Wildman–Crippen MR) is 86.6 cm³/mol. The first-order chi connectivity index (χ1) is 9.06. The molecule has 0 aliphatic rings. The van der Waals surface area contributed by atoms with Crippen molar-refractivity contribution in [3.8, 4) is 0 Å². The second kappa shape index (κ2) is 6.28. The molecule has 0 fully saturated rings. The third-order valence-corrected chi connectivity index (χ3v) is 4.17. The van der Waals surface area contributed by atoms with Gasteiger partial charge in [0.05, 0.1) is 0 Å². The van der Waals surface area contributed by atoms with Gasteiger partial charge in [-0.25, -0.2) is 0 Å². The van der Waals surface area contributed by atoms with Crippen LogP contribution < -0.4 is 5.73 Å². The van der Waals surface area contributed by atoms with Gasteiger partial charge in [-0.3, -0.25) is 4.90 Å². The van der Waals surface area contributed by atoms with E-state index in [9.17, 15) is 0 Å². The molecule has 19 heavy (non-hydrogen) atoms. The van der Waals surface area contributed by atoms with E-state index in [0.29, 0.717) is 4.99 Å². The molecule has 100 valence electrons. The summed E-state index contributed by atoms with van der Waals surface area (Å²) in [5, 5.41) is 2.12. The highest BCUT2D eigenvalue weighted by Crippen LogP contribution is 2.16. The molecule has 0 aliphatic carbocycles. The van der Waals surface area contributed by atoms with Crippen LogP contribution in [-0.4, -0.2) is 16.9 Å². The molecule has 1 heterocycles. The second-order valence-electron chi connectivity index (χ2n) is 4.76. The highest BCUT2D eigenvalue weighted by molar-refractivity contribution is 7.80. The third-order valence-electron chi connectivity index (χ3n) is 3.07. The molecule has 4 heteroatoms. The van der Waals surface area contributed by atoms with Gasteiger partial charge in [0.25, 0.3) is 0 Å². The number of rotatable bonds is 5. The minimum absolute atomic E-state index is 0.460. The summed E-state index contributed by atoms with van der Waals surface area (Å²) in [6.07, 6.45) is 0. The zero-order valence-corrected chi connectivity index (χ0v) is 12.9. The van der Waals surface area contributed by atoms with Crippen LogP contribution in [0.2, 0.25) is 0 Å². The molecular formula is C15H18N2S2. The minimum atomic E-state index is 0.460. The minimum Gasteiger partial charge on any atom is -0.389 e. The van der Waals surface area contributed by atoms with Gasteiger partial charge in [0, 0.05) is 23.5 Å². The first kappa shape index (κ1) is 14.2. The number of hydrogen-bond donors (Lipinski definition) is 1. The normalized spacial score (nSPS) is 10.9. The Balaban J connectivity index is 2.04. The number of thiocarbonyl (C=S) groups is 1. The quantitative estimate of drug-likeness (QED) is 0.857. The summed E-state index contributed by atoms with van der Waals surface area (Å²) in [5.41, 5.74) is 9.15. The van der Waals surface area contributed by atoms with E-state index in [1.165, 1.54) is 16.0 Å². The zero-order valence-electron chi connectivity index (χ0n) is 11.2. The van der Waals surface area contributed by atoms with Crippen LogP contribution in [0.1, 0.15) is 21.6 Å². The van der Waals surface area contributed by atoms with E-state index in [-0.39, 0.29) is 0 Å². The summed E-state index contributed by atoms with van der Waals surface area (Å²) in [7, 11) is 2.14.